The van der Waals surface area contributed by atoms with Gasteiger partial charge in [-0.3, -0.25) is 4.79 Å². The summed E-state index contributed by atoms with van der Waals surface area (Å²) in [6.45, 7) is 4.83. The molecule has 0 unspecified atom stereocenters. The number of hydrogen-bond acceptors (Lipinski definition) is 4. The van der Waals surface area contributed by atoms with Crippen LogP contribution in [0, 0.1) is 0 Å². The van der Waals surface area contributed by atoms with Gasteiger partial charge < -0.3 is 14.5 Å². The Morgan fingerprint density at radius 3 is 3.07 bits per heavy atom. The van der Waals surface area contributed by atoms with Gasteiger partial charge in [0.15, 0.2) is 0 Å². The summed E-state index contributed by atoms with van der Waals surface area (Å²) in [5, 5.41) is 3.18. The summed E-state index contributed by atoms with van der Waals surface area (Å²) in [4.78, 5) is 11.0. The number of furan rings is 1. The van der Waals surface area contributed by atoms with Gasteiger partial charge in [-0.2, -0.15) is 0 Å². The molecule has 0 radical (unpaired) electrons. The highest BCUT2D eigenvalue weighted by molar-refractivity contribution is 5.69. The van der Waals surface area contributed by atoms with Crippen molar-refractivity contribution in [3.05, 3.63) is 24.2 Å². The first-order valence-corrected chi connectivity index (χ1v) is 5.16. The smallest absolute Gasteiger partial charge is 0.307 e. The first-order valence-electron chi connectivity index (χ1n) is 5.16. The fourth-order valence-electron chi connectivity index (χ4n) is 1.26. The first-order chi connectivity index (χ1) is 7.24. The molecule has 1 heterocycles. The van der Waals surface area contributed by atoms with E-state index >= 15 is 0 Å². The van der Waals surface area contributed by atoms with Gasteiger partial charge in [0.05, 0.1) is 25.3 Å². The van der Waals surface area contributed by atoms with Crippen molar-refractivity contribution in [2.24, 2.45) is 0 Å². The lowest BCUT2D eigenvalue weighted by atomic mass is 10.2. The largest absolute Gasteiger partial charge is 0.468 e. The second kappa shape index (κ2) is 6.24. The molecule has 1 N–H and O–H groups in total. The minimum Gasteiger partial charge on any atom is -0.468 e. The first kappa shape index (κ1) is 11.8. The zero-order valence-electron chi connectivity index (χ0n) is 9.16. The van der Waals surface area contributed by atoms with E-state index in [1.165, 1.54) is 0 Å². The number of rotatable bonds is 6. The molecule has 0 spiro atoms. The van der Waals surface area contributed by atoms with Gasteiger partial charge >= 0.3 is 5.97 Å². The average molecular weight is 211 g/mol. The summed E-state index contributed by atoms with van der Waals surface area (Å²) in [7, 11) is 0. The van der Waals surface area contributed by atoms with E-state index in [1.807, 2.05) is 19.1 Å². The molecular formula is C11H17NO3. The van der Waals surface area contributed by atoms with Crippen molar-refractivity contribution in [2.75, 3.05) is 13.2 Å². The molecule has 1 aromatic rings. The molecule has 0 aliphatic heterocycles. The van der Waals surface area contributed by atoms with Crippen LogP contribution in [-0.4, -0.2) is 19.1 Å². The third-order valence-corrected chi connectivity index (χ3v) is 2.05. The third-order valence-electron chi connectivity index (χ3n) is 2.05. The average Bonchev–Trinajstić information content (AvgIpc) is 2.70. The highest BCUT2D eigenvalue weighted by Gasteiger charge is 2.08. The standard InChI is InChI=1S/C11H17NO3/c1-3-14-11(13)6-7-12-9(2)10-5-4-8-15-10/h4-5,8-9,12H,3,6-7H2,1-2H3/t9-/m0/s1. The lowest BCUT2D eigenvalue weighted by Crippen LogP contribution is -2.22. The Morgan fingerprint density at radius 1 is 1.67 bits per heavy atom. The molecule has 0 saturated carbocycles. The van der Waals surface area contributed by atoms with Crippen LogP contribution in [0.4, 0.5) is 0 Å². The molecule has 0 amide bonds. The van der Waals surface area contributed by atoms with E-state index in [0.717, 1.165) is 5.76 Å². The second-order valence-electron chi connectivity index (χ2n) is 3.25. The molecule has 0 bridgehead atoms. The second-order valence-corrected chi connectivity index (χ2v) is 3.25. The number of esters is 1. The lowest BCUT2D eigenvalue weighted by molar-refractivity contribution is -0.143. The maximum atomic E-state index is 11.0. The number of hydrogen-bond donors (Lipinski definition) is 1. The summed E-state index contributed by atoms with van der Waals surface area (Å²) >= 11 is 0. The van der Waals surface area contributed by atoms with Crippen molar-refractivity contribution in [1.29, 1.82) is 0 Å². The highest BCUT2D eigenvalue weighted by Crippen LogP contribution is 2.11. The molecule has 0 aliphatic rings. The van der Waals surface area contributed by atoms with Crippen LogP contribution in [0.5, 0.6) is 0 Å². The molecule has 4 nitrogen and oxygen atoms in total. The Morgan fingerprint density at radius 2 is 2.47 bits per heavy atom. The molecule has 84 valence electrons. The van der Waals surface area contributed by atoms with Gasteiger partial charge in [-0.15, -0.1) is 0 Å². The van der Waals surface area contributed by atoms with Crippen molar-refractivity contribution in [2.45, 2.75) is 26.3 Å². The number of carbonyl (C=O) groups excluding carboxylic acids is 1. The molecule has 0 aliphatic carbocycles. The van der Waals surface area contributed by atoms with Gasteiger partial charge in [0.1, 0.15) is 5.76 Å². The van der Waals surface area contributed by atoms with Crippen LogP contribution >= 0.6 is 0 Å². The molecular weight excluding hydrogens is 194 g/mol. The van der Waals surface area contributed by atoms with Crippen LogP contribution in [0.3, 0.4) is 0 Å². The van der Waals surface area contributed by atoms with Crippen molar-refractivity contribution in [3.63, 3.8) is 0 Å². The Balaban J connectivity index is 2.18. The van der Waals surface area contributed by atoms with Crippen molar-refractivity contribution in [3.8, 4) is 0 Å². The maximum Gasteiger partial charge on any atom is 0.307 e. The van der Waals surface area contributed by atoms with Crippen molar-refractivity contribution in [1.82, 2.24) is 5.32 Å². The van der Waals surface area contributed by atoms with Gasteiger partial charge in [0.25, 0.3) is 0 Å². The molecule has 1 rings (SSSR count). The fraction of sp³-hybridized carbons (Fsp3) is 0.545. The Hall–Kier alpha value is -1.29. The minimum atomic E-state index is -0.170. The number of carbonyl (C=O) groups is 1. The van der Waals surface area contributed by atoms with Gasteiger partial charge in [0.2, 0.25) is 0 Å². The molecule has 1 aromatic heterocycles. The topological polar surface area (TPSA) is 51.5 Å². The quantitative estimate of drug-likeness (QED) is 0.730. The van der Waals surface area contributed by atoms with E-state index in [0.29, 0.717) is 19.6 Å². The molecule has 0 saturated heterocycles. The van der Waals surface area contributed by atoms with Gasteiger partial charge in [-0.25, -0.2) is 0 Å². The van der Waals surface area contributed by atoms with Gasteiger partial charge in [-0.1, -0.05) is 0 Å². The van der Waals surface area contributed by atoms with E-state index in [1.54, 1.807) is 13.2 Å². The van der Waals surface area contributed by atoms with Gasteiger partial charge in [0, 0.05) is 6.54 Å². The highest BCUT2D eigenvalue weighted by atomic mass is 16.5. The zero-order valence-corrected chi connectivity index (χ0v) is 9.16. The Kier molecular flexibility index (Phi) is 4.90. The monoisotopic (exact) mass is 211 g/mol. The van der Waals surface area contributed by atoms with Crippen molar-refractivity contribution >= 4 is 5.97 Å². The van der Waals surface area contributed by atoms with Crippen LogP contribution in [0.25, 0.3) is 0 Å². The van der Waals surface area contributed by atoms with E-state index in [2.05, 4.69) is 5.32 Å². The predicted octanol–water partition coefficient (Wildman–Crippen LogP) is 1.88. The van der Waals surface area contributed by atoms with Gasteiger partial charge in [-0.05, 0) is 26.0 Å². The normalized spacial score (nSPS) is 12.4. The molecule has 0 fully saturated rings. The molecule has 0 aromatic carbocycles. The fourth-order valence-corrected chi connectivity index (χ4v) is 1.26. The van der Waals surface area contributed by atoms with Crippen LogP contribution < -0.4 is 5.32 Å². The summed E-state index contributed by atoms with van der Waals surface area (Å²) in [6.07, 6.45) is 2.03. The minimum absolute atomic E-state index is 0.120. The van der Waals surface area contributed by atoms with Crippen LogP contribution in [0.15, 0.2) is 22.8 Å². The Bertz CT molecular complexity index is 282. The number of nitrogens with one attached hydrogen (secondary N) is 1. The van der Waals surface area contributed by atoms with E-state index in [-0.39, 0.29) is 12.0 Å². The molecule has 4 heteroatoms. The summed E-state index contributed by atoms with van der Waals surface area (Å²) in [5.74, 6) is 0.704. The predicted molar refractivity (Wildman–Crippen MR) is 56.4 cm³/mol. The van der Waals surface area contributed by atoms with Crippen LogP contribution in [0.2, 0.25) is 0 Å². The van der Waals surface area contributed by atoms with Crippen LogP contribution in [0.1, 0.15) is 32.1 Å². The van der Waals surface area contributed by atoms with Crippen LogP contribution in [-0.2, 0) is 9.53 Å². The Labute approximate surface area is 89.6 Å². The summed E-state index contributed by atoms with van der Waals surface area (Å²) < 4.78 is 10.0. The number of ether oxygens (including phenoxy) is 1. The molecule has 1 atom stereocenters. The lowest BCUT2D eigenvalue weighted by Gasteiger charge is -2.10. The van der Waals surface area contributed by atoms with E-state index in [9.17, 15) is 4.79 Å². The van der Waals surface area contributed by atoms with E-state index < -0.39 is 0 Å². The SMILES string of the molecule is CCOC(=O)CCN[C@@H](C)c1ccco1. The zero-order chi connectivity index (χ0) is 11.1. The molecule has 15 heavy (non-hydrogen) atoms. The third kappa shape index (κ3) is 4.16. The maximum absolute atomic E-state index is 11.0. The summed E-state index contributed by atoms with van der Waals surface area (Å²) in [5.41, 5.74) is 0. The summed E-state index contributed by atoms with van der Waals surface area (Å²) in [6, 6.07) is 3.87. The van der Waals surface area contributed by atoms with Crippen molar-refractivity contribution < 1.29 is 13.9 Å². The van der Waals surface area contributed by atoms with E-state index in [4.69, 9.17) is 9.15 Å².